The van der Waals surface area contributed by atoms with Crippen molar-refractivity contribution in [3.05, 3.63) is 167 Å². The highest BCUT2D eigenvalue weighted by molar-refractivity contribution is 7.92. The van der Waals surface area contributed by atoms with Gasteiger partial charge in [-0.3, -0.25) is 9.59 Å². The second-order valence-electron chi connectivity index (χ2n) is 12.4. The fraction of sp³-hybridized carbons (Fsp3) is 0.0952. The second kappa shape index (κ2) is 15.2. The average Bonchev–Trinajstić information content (AvgIpc) is 3.21. The van der Waals surface area contributed by atoms with Crippen LogP contribution < -0.4 is 14.2 Å². The monoisotopic (exact) mass is 776 g/mol. The lowest BCUT2D eigenvalue weighted by Crippen LogP contribution is -2.20. The Morgan fingerprint density at radius 3 is 1.40 bits per heavy atom. The Balaban J connectivity index is 0.000000170. The molecule has 2 heterocycles. The van der Waals surface area contributed by atoms with Gasteiger partial charge in [0, 0.05) is 41.5 Å². The summed E-state index contributed by atoms with van der Waals surface area (Å²) < 4.78 is 73.7. The molecule has 55 heavy (non-hydrogen) atoms. The highest BCUT2D eigenvalue weighted by atomic mass is 32.2. The molecule has 11 nitrogen and oxygen atoms in total. The molecule has 1 N–H and O–H groups in total. The standard InChI is InChI=1S/C22H18O6S.C20H14O5S/c1-26-14-28-19-12-21-17(11-18(19)27-13-15-7-3-2-4-8-15)22(23)16-9-5-6-10-20(16)29(21,24)25;21-16-11-19-15(10-17(16)25-12-13-6-2-1-3-7-13)20(22)14-8-4-5-9-18(14)26(19,23)24/h2-12H,13-14H2,1H3;1-11,21H,12H2. The molecule has 0 atom stereocenters. The third-order valence-corrected chi connectivity index (χ3v) is 12.5. The van der Waals surface area contributed by atoms with E-state index in [1.807, 2.05) is 60.7 Å². The number of hydrogen-bond acceptors (Lipinski definition) is 11. The number of ether oxygens (including phenoxy) is 4. The zero-order valence-electron chi connectivity index (χ0n) is 29.2. The molecule has 2 aliphatic heterocycles. The number of hydrogen-bond donors (Lipinski definition) is 1. The molecule has 0 fully saturated rings. The van der Waals surface area contributed by atoms with E-state index in [4.69, 9.17) is 18.9 Å². The largest absolute Gasteiger partial charge is 0.504 e. The van der Waals surface area contributed by atoms with Gasteiger partial charge in [0.1, 0.15) is 13.2 Å². The molecule has 2 aliphatic rings. The van der Waals surface area contributed by atoms with Crippen LogP contribution in [0.1, 0.15) is 43.0 Å². The Hall–Kier alpha value is -6.28. The van der Waals surface area contributed by atoms with Gasteiger partial charge in [-0.25, -0.2) is 16.8 Å². The molecule has 6 aromatic rings. The molecule has 0 saturated heterocycles. The van der Waals surface area contributed by atoms with Crippen LogP contribution in [0.25, 0.3) is 0 Å². The maximum atomic E-state index is 13.1. The first-order chi connectivity index (χ1) is 26.5. The molecule has 278 valence electrons. The predicted octanol–water partition coefficient (Wildman–Crippen LogP) is 6.97. The van der Waals surface area contributed by atoms with E-state index in [2.05, 4.69) is 0 Å². The van der Waals surface area contributed by atoms with Crippen LogP contribution in [0.2, 0.25) is 0 Å². The van der Waals surface area contributed by atoms with Gasteiger partial charge in [0.05, 0.1) is 19.6 Å². The zero-order chi connectivity index (χ0) is 38.7. The summed E-state index contributed by atoms with van der Waals surface area (Å²) in [5.74, 6) is -0.570. The van der Waals surface area contributed by atoms with Crippen molar-refractivity contribution < 1.29 is 50.5 Å². The Bertz CT molecular complexity index is 2660. The number of aromatic hydroxyl groups is 1. The van der Waals surface area contributed by atoms with Crippen molar-refractivity contribution in [3.8, 4) is 23.0 Å². The number of fused-ring (bicyclic) bond motifs is 4. The third-order valence-electron chi connectivity index (χ3n) is 8.82. The van der Waals surface area contributed by atoms with Crippen LogP contribution in [0, 0.1) is 0 Å². The molecule has 8 rings (SSSR count). The van der Waals surface area contributed by atoms with Crippen LogP contribution in [0.5, 0.6) is 23.0 Å². The smallest absolute Gasteiger partial charge is 0.208 e. The summed E-state index contributed by atoms with van der Waals surface area (Å²) in [5, 5.41) is 10.2. The van der Waals surface area contributed by atoms with E-state index in [0.717, 1.165) is 17.2 Å². The fourth-order valence-corrected chi connectivity index (χ4v) is 9.43. The molecule has 0 saturated carbocycles. The number of benzene rings is 6. The van der Waals surface area contributed by atoms with Crippen LogP contribution in [0.15, 0.2) is 153 Å². The maximum Gasteiger partial charge on any atom is 0.208 e. The number of rotatable bonds is 9. The van der Waals surface area contributed by atoms with Crippen molar-refractivity contribution in [2.75, 3.05) is 13.9 Å². The quantitative estimate of drug-likeness (QED) is 0.151. The van der Waals surface area contributed by atoms with Crippen molar-refractivity contribution in [2.24, 2.45) is 0 Å². The van der Waals surface area contributed by atoms with E-state index in [0.29, 0.717) is 0 Å². The Morgan fingerprint density at radius 2 is 0.891 bits per heavy atom. The summed E-state index contributed by atoms with van der Waals surface area (Å²) >= 11 is 0. The zero-order valence-corrected chi connectivity index (χ0v) is 30.8. The minimum absolute atomic E-state index is 0.00422. The summed E-state index contributed by atoms with van der Waals surface area (Å²) in [6.07, 6.45) is 0. The molecular weight excluding hydrogens is 745 g/mol. The minimum atomic E-state index is -3.88. The van der Waals surface area contributed by atoms with E-state index in [1.54, 1.807) is 24.3 Å². The number of carbonyl (C=O) groups is 2. The fourth-order valence-electron chi connectivity index (χ4n) is 6.13. The first-order valence-corrected chi connectivity index (χ1v) is 19.7. The number of sulfone groups is 2. The van der Waals surface area contributed by atoms with Crippen molar-refractivity contribution >= 4 is 31.2 Å². The maximum absolute atomic E-state index is 13.1. The minimum Gasteiger partial charge on any atom is -0.504 e. The summed E-state index contributed by atoms with van der Waals surface area (Å²) in [7, 11) is -6.28. The van der Waals surface area contributed by atoms with Crippen molar-refractivity contribution in [3.63, 3.8) is 0 Å². The number of phenols is 1. The van der Waals surface area contributed by atoms with Crippen molar-refractivity contribution in [2.45, 2.75) is 32.8 Å². The molecule has 0 spiro atoms. The van der Waals surface area contributed by atoms with Crippen LogP contribution in [0.3, 0.4) is 0 Å². The first kappa shape index (κ1) is 37.1. The topological polar surface area (TPSA) is 160 Å². The lowest BCUT2D eigenvalue weighted by Gasteiger charge is -2.21. The van der Waals surface area contributed by atoms with E-state index in [9.17, 15) is 31.5 Å². The lowest BCUT2D eigenvalue weighted by atomic mass is 10.0. The Kier molecular flexibility index (Phi) is 10.3. The van der Waals surface area contributed by atoms with Crippen LogP contribution in [-0.4, -0.2) is 47.4 Å². The van der Waals surface area contributed by atoms with Gasteiger partial charge in [0.25, 0.3) is 0 Å². The number of carbonyl (C=O) groups excluding carboxylic acids is 2. The summed E-state index contributed by atoms with van der Waals surface area (Å²) in [6, 6.07) is 36.2. The number of phenolic OH excluding ortho intramolecular Hbond substituents is 1. The highest BCUT2D eigenvalue weighted by Crippen LogP contribution is 2.42. The van der Waals surface area contributed by atoms with E-state index < -0.39 is 25.5 Å². The molecular formula is C42H32O11S2. The number of ketones is 2. The van der Waals surface area contributed by atoms with Crippen molar-refractivity contribution in [1.82, 2.24) is 0 Å². The van der Waals surface area contributed by atoms with Gasteiger partial charge in [-0.2, -0.15) is 0 Å². The molecule has 0 amide bonds. The SMILES string of the molecule is COCOc1cc2c(cc1OCc1ccccc1)C(=O)c1ccccc1S2(=O)=O.O=C1c2ccccc2S(=O)(=O)c2cc(O)c(OCc3ccccc3)cc21. The van der Waals surface area contributed by atoms with Gasteiger partial charge in [0.2, 0.25) is 19.7 Å². The van der Waals surface area contributed by atoms with Gasteiger partial charge in [-0.05, 0) is 47.5 Å². The normalized spacial score (nSPS) is 14.2. The molecule has 0 radical (unpaired) electrons. The van der Waals surface area contributed by atoms with Crippen molar-refractivity contribution in [1.29, 1.82) is 0 Å². The Labute approximate surface area is 317 Å². The lowest BCUT2D eigenvalue weighted by molar-refractivity contribution is 0.0482. The Morgan fingerprint density at radius 1 is 0.473 bits per heavy atom. The van der Waals surface area contributed by atoms with Gasteiger partial charge in [0.15, 0.2) is 41.4 Å². The molecule has 0 unspecified atom stereocenters. The van der Waals surface area contributed by atoms with Crippen LogP contribution in [-0.2, 0) is 37.6 Å². The molecule has 0 bridgehead atoms. The first-order valence-electron chi connectivity index (χ1n) is 16.8. The van der Waals surface area contributed by atoms with Gasteiger partial charge in [-0.1, -0.05) is 84.9 Å². The number of methoxy groups -OCH3 is 1. The molecule has 0 aromatic heterocycles. The summed E-state index contributed by atoms with van der Waals surface area (Å²) in [5.41, 5.74) is 2.15. The van der Waals surface area contributed by atoms with E-state index in [1.165, 1.54) is 49.6 Å². The van der Waals surface area contributed by atoms with Crippen LogP contribution >= 0.6 is 0 Å². The molecule has 6 aromatic carbocycles. The molecule has 0 aliphatic carbocycles. The summed E-state index contributed by atoms with van der Waals surface area (Å²) in [4.78, 5) is 25.3. The predicted molar refractivity (Wildman–Crippen MR) is 199 cm³/mol. The van der Waals surface area contributed by atoms with Crippen LogP contribution in [0.4, 0.5) is 0 Å². The third kappa shape index (κ3) is 7.20. The van der Waals surface area contributed by atoms with Gasteiger partial charge >= 0.3 is 0 Å². The average molecular weight is 777 g/mol. The highest BCUT2D eigenvalue weighted by Gasteiger charge is 2.37. The van der Waals surface area contributed by atoms with E-state index in [-0.39, 0.29) is 90.6 Å². The summed E-state index contributed by atoms with van der Waals surface area (Å²) in [6.45, 7) is 0.330. The van der Waals surface area contributed by atoms with E-state index >= 15 is 0 Å². The second-order valence-corrected chi connectivity index (χ2v) is 16.1. The van der Waals surface area contributed by atoms with Gasteiger partial charge in [-0.15, -0.1) is 0 Å². The molecule has 13 heteroatoms. The van der Waals surface area contributed by atoms with Gasteiger partial charge < -0.3 is 24.1 Å².